The number of rotatable bonds is 8. The average Bonchev–Trinajstić information content (AvgIpc) is 2.73. The van der Waals surface area contributed by atoms with Gasteiger partial charge in [-0.1, -0.05) is 31.2 Å². The van der Waals surface area contributed by atoms with E-state index in [2.05, 4.69) is 22.3 Å². The van der Waals surface area contributed by atoms with Crippen LogP contribution in [0.2, 0.25) is 0 Å². The van der Waals surface area contributed by atoms with E-state index in [1.54, 1.807) is 0 Å². The second-order valence-electron chi connectivity index (χ2n) is 6.89. The van der Waals surface area contributed by atoms with Gasteiger partial charge >= 0.3 is 0 Å². The highest BCUT2D eigenvalue weighted by Crippen LogP contribution is 2.15. The number of nitrogens with zero attached hydrogens (tertiary/aromatic N) is 1. The summed E-state index contributed by atoms with van der Waals surface area (Å²) in [6.07, 6.45) is -0.0760. The van der Waals surface area contributed by atoms with Gasteiger partial charge in [-0.3, -0.25) is 9.69 Å². The van der Waals surface area contributed by atoms with Gasteiger partial charge in [0.2, 0.25) is 0 Å². The number of amides is 1. The number of hydrogen-bond acceptors (Lipinski definition) is 4. The van der Waals surface area contributed by atoms with Gasteiger partial charge in [0.25, 0.3) is 5.91 Å². The van der Waals surface area contributed by atoms with Crippen LogP contribution in [0, 0.1) is 5.82 Å². The van der Waals surface area contributed by atoms with Crippen LogP contribution in [-0.4, -0.2) is 43.2 Å². The van der Waals surface area contributed by atoms with Gasteiger partial charge in [-0.25, -0.2) is 4.39 Å². The molecule has 2 aromatic rings. The lowest BCUT2D eigenvalue weighted by Crippen LogP contribution is -2.37. The van der Waals surface area contributed by atoms with Gasteiger partial charge in [0.05, 0.1) is 13.2 Å². The fourth-order valence-electron chi connectivity index (χ4n) is 3.08. The van der Waals surface area contributed by atoms with Crippen LogP contribution in [0.15, 0.2) is 48.5 Å². The van der Waals surface area contributed by atoms with E-state index in [1.807, 2.05) is 19.1 Å². The minimum atomic E-state index is -0.606. The van der Waals surface area contributed by atoms with Crippen molar-refractivity contribution in [2.45, 2.75) is 32.5 Å². The second-order valence-corrected chi connectivity index (χ2v) is 6.89. The SMILES string of the molecule is CCC(Oc1ccc(F)cc1)C(=O)NCc1ccc(CN2CCOCC2)cc1. The number of nitrogens with one attached hydrogen (secondary N) is 1. The molecule has 150 valence electrons. The minimum absolute atomic E-state index is 0.177. The van der Waals surface area contributed by atoms with Crippen LogP contribution in [0.4, 0.5) is 4.39 Å². The van der Waals surface area contributed by atoms with Crippen LogP contribution in [-0.2, 0) is 22.6 Å². The summed E-state index contributed by atoms with van der Waals surface area (Å²) in [6.45, 7) is 6.76. The molecule has 5 nitrogen and oxygen atoms in total. The average molecular weight is 386 g/mol. The molecule has 1 heterocycles. The highest BCUT2D eigenvalue weighted by Gasteiger charge is 2.18. The fraction of sp³-hybridized carbons (Fsp3) is 0.409. The molecule has 28 heavy (non-hydrogen) atoms. The Hall–Kier alpha value is -2.44. The zero-order chi connectivity index (χ0) is 19.8. The van der Waals surface area contributed by atoms with E-state index in [4.69, 9.17) is 9.47 Å². The maximum Gasteiger partial charge on any atom is 0.261 e. The van der Waals surface area contributed by atoms with E-state index in [9.17, 15) is 9.18 Å². The first-order valence-electron chi connectivity index (χ1n) is 9.72. The van der Waals surface area contributed by atoms with E-state index in [1.165, 1.54) is 29.8 Å². The summed E-state index contributed by atoms with van der Waals surface area (Å²) in [5.41, 5.74) is 2.29. The number of halogens is 1. The molecule has 1 fully saturated rings. The normalized spacial score (nSPS) is 15.8. The predicted octanol–water partition coefficient (Wildman–Crippen LogP) is 3.13. The summed E-state index contributed by atoms with van der Waals surface area (Å²) in [7, 11) is 0. The summed E-state index contributed by atoms with van der Waals surface area (Å²) in [5, 5.41) is 2.92. The van der Waals surface area contributed by atoms with Crippen LogP contribution < -0.4 is 10.1 Å². The molecule has 1 aliphatic heterocycles. The van der Waals surface area contributed by atoms with Crippen LogP contribution in [0.1, 0.15) is 24.5 Å². The molecular weight excluding hydrogens is 359 g/mol. The van der Waals surface area contributed by atoms with Crippen molar-refractivity contribution in [1.29, 1.82) is 0 Å². The molecule has 1 saturated heterocycles. The molecule has 3 rings (SSSR count). The number of hydrogen-bond donors (Lipinski definition) is 1. The summed E-state index contributed by atoms with van der Waals surface area (Å²) in [4.78, 5) is 14.8. The standard InChI is InChI=1S/C22H27FN2O3/c1-2-21(28-20-9-7-19(23)8-10-20)22(26)24-15-17-3-5-18(6-4-17)16-25-11-13-27-14-12-25/h3-10,21H,2,11-16H2,1H3,(H,24,26). The van der Waals surface area contributed by atoms with Crippen molar-refractivity contribution in [2.75, 3.05) is 26.3 Å². The third-order valence-corrected chi connectivity index (χ3v) is 4.75. The third-order valence-electron chi connectivity index (χ3n) is 4.75. The first-order chi connectivity index (χ1) is 13.6. The van der Waals surface area contributed by atoms with E-state index >= 15 is 0 Å². The van der Waals surface area contributed by atoms with Crippen molar-refractivity contribution in [3.05, 3.63) is 65.5 Å². The lowest BCUT2D eigenvalue weighted by atomic mass is 10.1. The second kappa shape index (κ2) is 10.2. The molecule has 0 bridgehead atoms. The van der Waals surface area contributed by atoms with Crippen molar-refractivity contribution >= 4 is 5.91 Å². The number of carbonyl (C=O) groups is 1. The predicted molar refractivity (Wildman–Crippen MR) is 105 cm³/mol. The molecule has 6 heteroatoms. The molecule has 1 unspecified atom stereocenters. The van der Waals surface area contributed by atoms with Gasteiger partial charge in [-0.05, 0) is 41.8 Å². The highest BCUT2D eigenvalue weighted by atomic mass is 19.1. The Balaban J connectivity index is 1.47. The van der Waals surface area contributed by atoms with Crippen molar-refractivity contribution < 1.29 is 18.7 Å². The summed E-state index contributed by atoms with van der Waals surface area (Å²) >= 11 is 0. The fourth-order valence-corrected chi connectivity index (χ4v) is 3.08. The zero-order valence-corrected chi connectivity index (χ0v) is 16.2. The molecule has 0 saturated carbocycles. The molecular formula is C22H27FN2O3. The smallest absolute Gasteiger partial charge is 0.261 e. The largest absolute Gasteiger partial charge is 0.481 e. The number of carbonyl (C=O) groups excluding carboxylic acids is 1. The molecule has 1 aliphatic rings. The Morgan fingerprint density at radius 1 is 1.11 bits per heavy atom. The molecule has 0 aromatic heterocycles. The Morgan fingerprint density at radius 2 is 1.75 bits per heavy atom. The van der Waals surface area contributed by atoms with Crippen LogP contribution in [0.25, 0.3) is 0 Å². The Kier molecular flexibility index (Phi) is 7.39. The number of morpholine rings is 1. The summed E-state index contributed by atoms with van der Waals surface area (Å²) < 4.78 is 24.0. The quantitative estimate of drug-likeness (QED) is 0.757. The lowest BCUT2D eigenvalue weighted by Gasteiger charge is -2.26. The minimum Gasteiger partial charge on any atom is -0.481 e. The van der Waals surface area contributed by atoms with E-state index in [0.29, 0.717) is 18.7 Å². The zero-order valence-electron chi connectivity index (χ0n) is 16.2. The first kappa shape index (κ1) is 20.3. The summed E-state index contributed by atoms with van der Waals surface area (Å²) in [6, 6.07) is 14.0. The van der Waals surface area contributed by atoms with Crippen molar-refractivity contribution in [3.8, 4) is 5.75 Å². The van der Waals surface area contributed by atoms with E-state index < -0.39 is 6.10 Å². The molecule has 0 radical (unpaired) electrons. The molecule has 1 N–H and O–H groups in total. The van der Waals surface area contributed by atoms with Crippen molar-refractivity contribution in [3.63, 3.8) is 0 Å². The van der Waals surface area contributed by atoms with Gasteiger partial charge in [0.15, 0.2) is 6.10 Å². The molecule has 2 aromatic carbocycles. The Labute approximate surface area is 165 Å². The van der Waals surface area contributed by atoms with Crippen LogP contribution in [0.5, 0.6) is 5.75 Å². The Morgan fingerprint density at radius 3 is 2.39 bits per heavy atom. The molecule has 1 atom stereocenters. The van der Waals surface area contributed by atoms with Gasteiger partial charge in [0.1, 0.15) is 11.6 Å². The van der Waals surface area contributed by atoms with E-state index in [-0.39, 0.29) is 11.7 Å². The van der Waals surface area contributed by atoms with Crippen molar-refractivity contribution in [2.24, 2.45) is 0 Å². The first-order valence-corrected chi connectivity index (χ1v) is 9.72. The van der Waals surface area contributed by atoms with Gasteiger partial charge < -0.3 is 14.8 Å². The van der Waals surface area contributed by atoms with Gasteiger partial charge in [-0.2, -0.15) is 0 Å². The maximum atomic E-state index is 13.0. The molecule has 0 aliphatic carbocycles. The van der Waals surface area contributed by atoms with Crippen LogP contribution >= 0.6 is 0 Å². The number of benzene rings is 2. The van der Waals surface area contributed by atoms with E-state index in [0.717, 1.165) is 38.4 Å². The molecule has 0 spiro atoms. The highest BCUT2D eigenvalue weighted by molar-refractivity contribution is 5.81. The van der Waals surface area contributed by atoms with Crippen molar-refractivity contribution in [1.82, 2.24) is 10.2 Å². The van der Waals surface area contributed by atoms with Gasteiger partial charge in [0, 0.05) is 26.2 Å². The lowest BCUT2D eigenvalue weighted by molar-refractivity contribution is -0.128. The maximum absolute atomic E-state index is 13.0. The van der Waals surface area contributed by atoms with Crippen LogP contribution in [0.3, 0.4) is 0 Å². The topological polar surface area (TPSA) is 50.8 Å². The number of ether oxygens (including phenoxy) is 2. The molecule has 1 amide bonds. The monoisotopic (exact) mass is 386 g/mol. The summed E-state index contributed by atoms with van der Waals surface area (Å²) in [5.74, 6) is -0.0259. The Bertz CT molecular complexity index is 743. The third kappa shape index (κ3) is 6.04. The van der Waals surface area contributed by atoms with Gasteiger partial charge in [-0.15, -0.1) is 0 Å².